The summed E-state index contributed by atoms with van der Waals surface area (Å²) < 4.78 is 4.78. The first-order valence-corrected chi connectivity index (χ1v) is 24.6. The molecule has 270 valence electrons. The molecule has 48 heavy (non-hydrogen) atoms. The topological polar surface area (TPSA) is 52.8 Å². The molecule has 3 rings (SSSR count). The van der Waals surface area contributed by atoms with Crippen LogP contribution in [0.15, 0.2) is 29.3 Å². The van der Waals surface area contributed by atoms with E-state index in [1.807, 2.05) is 13.1 Å². The van der Waals surface area contributed by atoms with E-state index >= 15 is 0 Å². The number of rotatable bonds is 21. The molecule has 0 aromatic heterocycles. The Kier molecular flexibility index (Phi) is 19.7. The molecule has 0 spiro atoms. The molecular weight excluding hydrogens is 1050 g/mol. The third kappa shape index (κ3) is 12.6. The Morgan fingerprint density at radius 2 is 1.19 bits per heavy atom. The summed E-state index contributed by atoms with van der Waals surface area (Å²) in [6, 6.07) is 9.34. The Morgan fingerprint density at radius 3 is 1.75 bits per heavy atom. The Balaban J connectivity index is 1.84. The Morgan fingerprint density at radius 1 is 0.688 bits per heavy atom. The molecule has 0 amide bonds. The minimum atomic E-state index is 0.114. The third-order valence-electron chi connectivity index (χ3n) is 11.1. The van der Waals surface area contributed by atoms with Crippen molar-refractivity contribution in [3.63, 3.8) is 0 Å². The lowest BCUT2D eigenvalue weighted by Gasteiger charge is -2.32. The van der Waals surface area contributed by atoms with Gasteiger partial charge in [0.15, 0.2) is 0 Å². The van der Waals surface area contributed by atoms with Crippen LogP contribution >= 0.6 is 90.4 Å². The van der Waals surface area contributed by atoms with Crippen molar-refractivity contribution >= 4 is 96.6 Å². The van der Waals surface area contributed by atoms with Crippen molar-refractivity contribution in [1.82, 2.24) is 0 Å². The average molecular weight is 1110 g/mol. The van der Waals surface area contributed by atoms with E-state index in [9.17, 15) is 10.2 Å². The number of alkyl halides is 4. The van der Waals surface area contributed by atoms with E-state index in [1.165, 1.54) is 112 Å². The highest BCUT2D eigenvalue weighted by Gasteiger charge is 2.30. The zero-order chi connectivity index (χ0) is 35.2. The van der Waals surface area contributed by atoms with Crippen LogP contribution in [0.3, 0.4) is 0 Å². The molecule has 2 aromatic rings. The highest BCUT2D eigenvalue weighted by Crippen LogP contribution is 2.41. The fourth-order valence-corrected chi connectivity index (χ4v) is 9.69. The fraction of sp³-hybridized carbons (Fsp3) is 0.683. The number of aromatic hydroxyl groups is 2. The van der Waals surface area contributed by atoms with Gasteiger partial charge in [0, 0.05) is 11.8 Å². The number of benzene rings is 2. The quantitative estimate of drug-likeness (QED) is 0.0566. The number of phenolic OH excluding ortho intramolecular Hbond substituents is 2. The van der Waals surface area contributed by atoms with Crippen molar-refractivity contribution in [2.24, 2.45) is 10.9 Å². The second kappa shape index (κ2) is 22.0. The van der Waals surface area contributed by atoms with Gasteiger partial charge in [0.05, 0.1) is 6.04 Å². The number of unbranched alkanes of at least 4 members (excludes halogenated alkanes) is 2. The minimum Gasteiger partial charge on any atom is -0.507 e. The third-order valence-corrected chi connectivity index (χ3v) is 14.2. The summed E-state index contributed by atoms with van der Waals surface area (Å²) in [7, 11) is 0. The van der Waals surface area contributed by atoms with Crippen LogP contribution in [-0.4, -0.2) is 40.2 Å². The fourth-order valence-electron chi connectivity index (χ4n) is 7.84. The maximum absolute atomic E-state index is 11.2. The molecule has 1 aliphatic carbocycles. The van der Waals surface area contributed by atoms with Crippen LogP contribution in [-0.2, 0) is 17.3 Å². The monoisotopic (exact) mass is 1110 g/mol. The summed E-state index contributed by atoms with van der Waals surface area (Å²) in [5, 5.41) is 22.4. The van der Waals surface area contributed by atoms with Crippen molar-refractivity contribution in [2.75, 3.05) is 17.7 Å². The average Bonchev–Trinajstić information content (AvgIpc) is 3.08. The Hall–Kier alpha value is 0.630. The van der Waals surface area contributed by atoms with Crippen molar-refractivity contribution in [3.05, 3.63) is 57.6 Å². The molecule has 1 fully saturated rings. The summed E-state index contributed by atoms with van der Waals surface area (Å²) in [5.74, 6) is 1.35. The first-order valence-electron chi connectivity index (χ1n) is 18.5. The van der Waals surface area contributed by atoms with Crippen LogP contribution in [0.25, 0.3) is 0 Å². The number of phenols is 2. The van der Waals surface area contributed by atoms with Crippen LogP contribution in [0.5, 0.6) is 11.5 Å². The van der Waals surface area contributed by atoms with E-state index in [0.29, 0.717) is 17.4 Å². The molecule has 2 N–H and O–H groups in total. The lowest BCUT2D eigenvalue weighted by molar-refractivity contribution is 0.293. The molecule has 3 nitrogen and oxygen atoms in total. The first-order chi connectivity index (χ1) is 23.0. The lowest BCUT2D eigenvalue weighted by atomic mass is 9.73. The van der Waals surface area contributed by atoms with E-state index in [4.69, 9.17) is 4.99 Å². The maximum atomic E-state index is 11.2. The van der Waals surface area contributed by atoms with Gasteiger partial charge in [-0.3, -0.25) is 4.99 Å². The van der Waals surface area contributed by atoms with Gasteiger partial charge in [0.2, 0.25) is 0 Å². The normalized spacial score (nSPS) is 17.4. The second-order valence-corrected chi connectivity index (χ2v) is 19.3. The van der Waals surface area contributed by atoms with E-state index in [0.717, 1.165) is 41.5 Å². The molecule has 1 saturated carbocycles. The maximum Gasteiger partial charge on any atom is 0.127 e. The number of hydrogen-bond donors (Lipinski definition) is 2. The molecule has 0 heterocycles. The van der Waals surface area contributed by atoms with Crippen LogP contribution in [0.1, 0.15) is 144 Å². The Labute approximate surface area is 348 Å². The first kappa shape index (κ1) is 43.0. The lowest BCUT2D eigenvalue weighted by Crippen LogP contribution is -2.25. The molecule has 0 aliphatic heterocycles. The van der Waals surface area contributed by atoms with Gasteiger partial charge in [0.25, 0.3) is 0 Å². The highest BCUT2D eigenvalue weighted by molar-refractivity contribution is 14.1. The van der Waals surface area contributed by atoms with Crippen molar-refractivity contribution < 1.29 is 10.2 Å². The van der Waals surface area contributed by atoms with Crippen LogP contribution in [0.2, 0.25) is 0 Å². The largest absolute Gasteiger partial charge is 0.507 e. The van der Waals surface area contributed by atoms with Crippen LogP contribution in [0, 0.1) is 19.8 Å². The molecule has 0 saturated heterocycles. The molecular formula is C41H61I4NO2. The van der Waals surface area contributed by atoms with Crippen molar-refractivity contribution in [1.29, 1.82) is 0 Å². The summed E-state index contributed by atoms with van der Waals surface area (Å²) >= 11 is 10.0. The molecule has 7 heteroatoms. The van der Waals surface area contributed by atoms with Gasteiger partial charge in [-0.05, 0) is 159 Å². The van der Waals surface area contributed by atoms with E-state index < -0.39 is 0 Å². The SMILES string of the molecule is Cc1cc(C(C)(CCCCI)CCCCI)cc(C=N[C@H]2CCCC[C@@H]2CCc2cc(C(C)(CCCI)CCCI)cc(C)c2O)c1O. The standard InChI is InChI=1S/C41H61I4NO2/c1-30-25-35(41(4,19-11-23-44)20-12-24-45)27-33(38(30)47)16-15-32-13-5-6-14-37(32)46-29-34-28-36(26-31(2)39(34)48)40(3,17-7-9-21-42)18-8-10-22-43/h25-29,32,37,47-48H,5-24H2,1-4H3/t32-,37+/m1/s1. The molecule has 0 unspecified atom stereocenters. The number of aryl methyl sites for hydroxylation is 3. The number of hydrogen-bond acceptors (Lipinski definition) is 3. The Bertz CT molecular complexity index is 1280. The number of aliphatic imine (C=N–C) groups is 1. The van der Waals surface area contributed by atoms with Gasteiger partial charge in [-0.1, -0.05) is 148 Å². The van der Waals surface area contributed by atoms with E-state index in [-0.39, 0.29) is 16.9 Å². The summed E-state index contributed by atoms with van der Waals surface area (Å²) in [4.78, 5) is 5.24. The minimum absolute atomic E-state index is 0.114. The van der Waals surface area contributed by atoms with E-state index in [2.05, 4.69) is 135 Å². The molecule has 0 bridgehead atoms. The van der Waals surface area contributed by atoms with Crippen molar-refractivity contribution in [3.8, 4) is 11.5 Å². The van der Waals surface area contributed by atoms with Gasteiger partial charge in [-0.25, -0.2) is 0 Å². The molecule has 0 radical (unpaired) electrons. The predicted molar refractivity (Wildman–Crippen MR) is 244 cm³/mol. The smallest absolute Gasteiger partial charge is 0.127 e. The van der Waals surface area contributed by atoms with Gasteiger partial charge in [0.1, 0.15) is 11.5 Å². The zero-order valence-corrected chi connectivity index (χ0v) is 38.7. The highest BCUT2D eigenvalue weighted by atomic mass is 127. The predicted octanol–water partition coefficient (Wildman–Crippen LogP) is 13.5. The molecule has 2 atom stereocenters. The van der Waals surface area contributed by atoms with E-state index in [1.54, 1.807) is 0 Å². The van der Waals surface area contributed by atoms with Gasteiger partial charge < -0.3 is 10.2 Å². The van der Waals surface area contributed by atoms with Crippen molar-refractivity contribution in [2.45, 2.75) is 147 Å². The summed E-state index contributed by atoms with van der Waals surface area (Å²) in [6.45, 7) is 9.01. The summed E-state index contributed by atoms with van der Waals surface area (Å²) in [5.41, 5.74) is 6.98. The van der Waals surface area contributed by atoms with Gasteiger partial charge in [-0.2, -0.15) is 0 Å². The molecule has 1 aliphatic rings. The van der Waals surface area contributed by atoms with Gasteiger partial charge in [-0.15, -0.1) is 0 Å². The number of nitrogens with zero attached hydrogens (tertiary/aromatic N) is 1. The molecule has 2 aromatic carbocycles. The zero-order valence-electron chi connectivity index (χ0n) is 30.0. The second-order valence-electron chi connectivity index (χ2n) is 15.0. The van der Waals surface area contributed by atoms with Crippen LogP contribution in [0.4, 0.5) is 0 Å². The number of halogens is 4. The van der Waals surface area contributed by atoms with Gasteiger partial charge >= 0.3 is 0 Å². The summed E-state index contributed by atoms with van der Waals surface area (Å²) in [6.07, 6.45) is 20.9. The van der Waals surface area contributed by atoms with Crippen LogP contribution < -0.4 is 0 Å².